The quantitative estimate of drug-likeness (QED) is 0.895. The van der Waals surface area contributed by atoms with E-state index >= 15 is 0 Å². The van der Waals surface area contributed by atoms with Crippen LogP contribution < -0.4 is 4.74 Å². The zero-order valence-corrected chi connectivity index (χ0v) is 12.0. The molecule has 0 saturated heterocycles. The maximum absolute atomic E-state index is 13.3. The second kappa shape index (κ2) is 6.39. The summed E-state index contributed by atoms with van der Waals surface area (Å²) in [4.78, 5) is 10.9. The molecule has 0 heterocycles. The van der Waals surface area contributed by atoms with Crippen LogP contribution in [0, 0.1) is 5.82 Å². The number of rotatable bonds is 5. The van der Waals surface area contributed by atoms with Crippen molar-refractivity contribution < 1.29 is 19.0 Å². The van der Waals surface area contributed by atoms with Crippen LogP contribution >= 0.6 is 0 Å². The number of benzene rings is 2. The van der Waals surface area contributed by atoms with Gasteiger partial charge in [0.15, 0.2) is 0 Å². The van der Waals surface area contributed by atoms with Gasteiger partial charge in [-0.15, -0.1) is 0 Å². The topological polar surface area (TPSA) is 46.5 Å². The summed E-state index contributed by atoms with van der Waals surface area (Å²) in [6.45, 7) is 4.50. The number of halogens is 1. The molecule has 110 valence electrons. The van der Waals surface area contributed by atoms with Crippen LogP contribution in [0.3, 0.4) is 0 Å². The number of hydrogen-bond donors (Lipinski definition) is 1. The van der Waals surface area contributed by atoms with E-state index in [2.05, 4.69) is 13.8 Å². The Morgan fingerprint density at radius 3 is 2.43 bits per heavy atom. The first-order valence-corrected chi connectivity index (χ1v) is 6.71. The lowest BCUT2D eigenvalue weighted by molar-refractivity contribution is 0.0695. The summed E-state index contributed by atoms with van der Waals surface area (Å²) in [5, 5.41) is 8.88. The van der Waals surface area contributed by atoms with Gasteiger partial charge in [0.1, 0.15) is 18.2 Å². The molecule has 0 aliphatic rings. The van der Waals surface area contributed by atoms with E-state index in [-0.39, 0.29) is 17.9 Å². The summed E-state index contributed by atoms with van der Waals surface area (Å²) >= 11 is 0. The Morgan fingerprint density at radius 1 is 1.19 bits per heavy atom. The molecule has 0 spiro atoms. The van der Waals surface area contributed by atoms with Gasteiger partial charge < -0.3 is 9.84 Å². The highest BCUT2D eigenvalue weighted by molar-refractivity contribution is 5.88. The Bertz CT molecular complexity index is 633. The Labute approximate surface area is 123 Å². The molecule has 0 unspecified atom stereocenters. The third-order valence-corrected chi connectivity index (χ3v) is 3.17. The number of ether oxygens (including phenoxy) is 1. The van der Waals surface area contributed by atoms with E-state index in [4.69, 9.17) is 9.84 Å². The first-order valence-electron chi connectivity index (χ1n) is 6.71. The third kappa shape index (κ3) is 4.05. The maximum Gasteiger partial charge on any atom is 0.335 e. The molecule has 1 N–H and O–H groups in total. The molecule has 0 amide bonds. The SMILES string of the molecule is CC(C)c1ccc(COc2cc(F)cc(C(=O)O)c2)cc1. The molecule has 0 radical (unpaired) electrons. The van der Waals surface area contributed by atoms with Crippen LogP contribution in [0.4, 0.5) is 4.39 Å². The van der Waals surface area contributed by atoms with Crippen molar-refractivity contribution in [3.8, 4) is 5.75 Å². The first kappa shape index (κ1) is 15.0. The lowest BCUT2D eigenvalue weighted by Crippen LogP contribution is -2.01. The van der Waals surface area contributed by atoms with Crippen LogP contribution in [0.5, 0.6) is 5.75 Å². The van der Waals surface area contributed by atoms with E-state index in [1.807, 2.05) is 24.3 Å². The minimum Gasteiger partial charge on any atom is -0.489 e. The number of carboxylic acid groups (broad SMARTS) is 1. The van der Waals surface area contributed by atoms with Crippen LogP contribution in [0.25, 0.3) is 0 Å². The summed E-state index contributed by atoms with van der Waals surface area (Å²) in [6.07, 6.45) is 0. The minimum atomic E-state index is -1.18. The summed E-state index contributed by atoms with van der Waals surface area (Å²) in [6, 6.07) is 11.4. The number of carboxylic acids is 1. The summed E-state index contributed by atoms with van der Waals surface area (Å²) in [5.74, 6) is -1.14. The zero-order chi connectivity index (χ0) is 15.4. The van der Waals surface area contributed by atoms with E-state index in [0.717, 1.165) is 11.6 Å². The van der Waals surface area contributed by atoms with E-state index in [9.17, 15) is 9.18 Å². The van der Waals surface area contributed by atoms with E-state index in [0.29, 0.717) is 5.92 Å². The highest BCUT2D eigenvalue weighted by atomic mass is 19.1. The standard InChI is InChI=1S/C17H17FO3/c1-11(2)13-5-3-12(4-6-13)10-21-16-8-14(17(19)20)7-15(18)9-16/h3-9,11H,10H2,1-2H3,(H,19,20). The van der Waals surface area contributed by atoms with Gasteiger partial charge >= 0.3 is 5.97 Å². The Hall–Kier alpha value is -2.36. The lowest BCUT2D eigenvalue weighted by atomic mass is 10.0. The van der Waals surface area contributed by atoms with Crippen molar-refractivity contribution in [1.29, 1.82) is 0 Å². The second-order valence-electron chi connectivity index (χ2n) is 5.17. The Kier molecular flexibility index (Phi) is 4.58. The molecule has 2 aromatic rings. The average molecular weight is 288 g/mol. The number of aromatic carboxylic acids is 1. The van der Waals surface area contributed by atoms with Gasteiger partial charge in [-0.1, -0.05) is 38.1 Å². The fraction of sp³-hybridized carbons (Fsp3) is 0.235. The monoisotopic (exact) mass is 288 g/mol. The molecular weight excluding hydrogens is 271 g/mol. The molecule has 0 bridgehead atoms. The molecule has 2 rings (SSSR count). The van der Waals surface area contributed by atoms with Gasteiger partial charge in [0.05, 0.1) is 5.56 Å². The lowest BCUT2D eigenvalue weighted by Gasteiger charge is -2.09. The minimum absolute atomic E-state index is 0.125. The predicted octanol–water partition coefficient (Wildman–Crippen LogP) is 4.23. The van der Waals surface area contributed by atoms with Crippen molar-refractivity contribution in [2.45, 2.75) is 26.4 Å². The number of carbonyl (C=O) groups is 1. The fourth-order valence-corrected chi connectivity index (χ4v) is 1.93. The molecular formula is C17H17FO3. The first-order chi connectivity index (χ1) is 9.95. The normalized spacial score (nSPS) is 10.7. The van der Waals surface area contributed by atoms with E-state index in [1.165, 1.54) is 17.7 Å². The summed E-state index contributed by atoms with van der Waals surface area (Å²) < 4.78 is 18.8. The molecule has 21 heavy (non-hydrogen) atoms. The van der Waals surface area contributed by atoms with Crippen LogP contribution in [0.15, 0.2) is 42.5 Å². The Morgan fingerprint density at radius 2 is 1.86 bits per heavy atom. The highest BCUT2D eigenvalue weighted by Gasteiger charge is 2.08. The van der Waals surface area contributed by atoms with Crippen molar-refractivity contribution in [2.75, 3.05) is 0 Å². The van der Waals surface area contributed by atoms with Gasteiger partial charge in [0.2, 0.25) is 0 Å². The van der Waals surface area contributed by atoms with E-state index < -0.39 is 11.8 Å². The smallest absolute Gasteiger partial charge is 0.335 e. The molecule has 2 aromatic carbocycles. The maximum atomic E-state index is 13.3. The largest absolute Gasteiger partial charge is 0.489 e. The van der Waals surface area contributed by atoms with Gasteiger partial charge in [-0.2, -0.15) is 0 Å². The summed E-state index contributed by atoms with van der Waals surface area (Å²) in [7, 11) is 0. The summed E-state index contributed by atoms with van der Waals surface area (Å²) in [5.41, 5.74) is 2.05. The third-order valence-electron chi connectivity index (χ3n) is 3.17. The molecule has 0 fully saturated rings. The molecule has 0 atom stereocenters. The highest BCUT2D eigenvalue weighted by Crippen LogP contribution is 2.19. The molecule has 0 aromatic heterocycles. The molecule has 4 heteroatoms. The van der Waals surface area contributed by atoms with Gasteiger partial charge in [0.25, 0.3) is 0 Å². The number of hydrogen-bond acceptors (Lipinski definition) is 2. The van der Waals surface area contributed by atoms with E-state index in [1.54, 1.807) is 0 Å². The van der Waals surface area contributed by atoms with Crippen molar-refractivity contribution in [3.05, 3.63) is 65.0 Å². The molecule has 0 saturated carbocycles. The van der Waals surface area contributed by atoms with Crippen molar-refractivity contribution in [2.24, 2.45) is 0 Å². The molecule has 3 nitrogen and oxygen atoms in total. The molecule has 0 aliphatic carbocycles. The average Bonchev–Trinajstić information content (AvgIpc) is 2.45. The van der Waals surface area contributed by atoms with Crippen molar-refractivity contribution in [3.63, 3.8) is 0 Å². The van der Waals surface area contributed by atoms with Gasteiger partial charge in [-0.05, 0) is 29.2 Å². The van der Waals surface area contributed by atoms with Gasteiger partial charge in [-0.3, -0.25) is 0 Å². The van der Waals surface area contributed by atoms with Gasteiger partial charge in [0, 0.05) is 6.07 Å². The van der Waals surface area contributed by atoms with Crippen LogP contribution in [-0.4, -0.2) is 11.1 Å². The predicted molar refractivity (Wildman–Crippen MR) is 78.2 cm³/mol. The van der Waals surface area contributed by atoms with Crippen molar-refractivity contribution >= 4 is 5.97 Å². The van der Waals surface area contributed by atoms with Crippen LogP contribution in [0.2, 0.25) is 0 Å². The van der Waals surface area contributed by atoms with Crippen LogP contribution in [0.1, 0.15) is 41.3 Å². The fourth-order valence-electron chi connectivity index (χ4n) is 1.93. The van der Waals surface area contributed by atoms with Crippen molar-refractivity contribution in [1.82, 2.24) is 0 Å². The zero-order valence-electron chi connectivity index (χ0n) is 12.0. The second-order valence-corrected chi connectivity index (χ2v) is 5.17. The van der Waals surface area contributed by atoms with Crippen LogP contribution in [-0.2, 0) is 6.61 Å². The van der Waals surface area contributed by atoms with Gasteiger partial charge in [-0.25, -0.2) is 9.18 Å². The molecule has 0 aliphatic heterocycles. The Balaban J connectivity index is 2.07.